The van der Waals surface area contributed by atoms with Gasteiger partial charge < -0.3 is 9.64 Å². The maximum Gasteiger partial charge on any atom is 0.128 e. The Labute approximate surface area is 142 Å². The smallest absolute Gasteiger partial charge is 0.128 e. The molecule has 4 nitrogen and oxygen atoms in total. The summed E-state index contributed by atoms with van der Waals surface area (Å²) in [4.78, 5) is 9.12. The summed E-state index contributed by atoms with van der Waals surface area (Å²) in [6.45, 7) is 7.79. The van der Waals surface area contributed by atoms with Crippen molar-refractivity contribution in [2.45, 2.75) is 6.92 Å². The van der Waals surface area contributed by atoms with Gasteiger partial charge in [-0.3, -0.25) is 4.90 Å². The van der Waals surface area contributed by atoms with E-state index in [9.17, 15) is 0 Å². The number of pyridine rings is 1. The van der Waals surface area contributed by atoms with Crippen molar-refractivity contribution < 1.29 is 4.74 Å². The number of anilines is 1. The largest absolute Gasteiger partial charge is 0.492 e. The van der Waals surface area contributed by atoms with Crippen LogP contribution >= 0.6 is 11.6 Å². The molecule has 122 valence electrons. The van der Waals surface area contributed by atoms with Crippen molar-refractivity contribution in [3.63, 3.8) is 0 Å². The molecule has 1 saturated heterocycles. The van der Waals surface area contributed by atoms with E-state index in [0.29, 0.717) is 5.02 Å². The third-order valence-corrected chi connectivity index (χ3v) is 4.33. The number of hydrogen-bond donors (Lipinski definition) is 0. The predicted octanol–water partition coefficient (Wildman–Crippen LogP) is 3.24. The van der Waals surface area contributed by atoms with Gasteiger partial charge in [-0.15, -0.1) is 0 Å². The first-order valence-electron chi connectivity index (χ1n) is 7.99. The van der Waals surface area contributed by atoms with E-state index in [1.54, 1.807) is 6.20 Å². The van der Waals surface area contributed by atoms with Crippen LogP contribution in [0.25, 0.3) is 0 Å². The lowest BCUT2D eigenvalue weighted by atomic mass is 10.2. The second-order valence-corrected chi connectivity index (χ2v) is 6.26. The van der Waals surface area contributed by atoms with E-state index >= 15 is 0 Å². The number of nitrogens with zero attached hydrogens (tertiary/aromatic N) is 3. The third-order valence-electron chi connectivity index (χ3n) is 4.11. The fraction of sp³-hybridized carbons (Fsp3) is 0.389. The summed E-state index contributed by atoms with van der Waals surface area (Å²) in [6.07, 6.45) is 1.71. The van der Waals surface area contributed by atoms with Crippen molar-refractivity contribution in [3.05, 3.63) is 53.2 Å². The Kier molecular flexibility index (Phi) is 5.36. The molecule has 0 atom stereocenters. The van der Waals surface area contributed by atoms with Crippen LogP contribution in [-0.4, -0.2) is 49.2 Å². The normalized spacial score (nSPS) is 15.7. The number of aromatic nitrogens is 1. The molecule has 0 amide bonds. The molecule has 1 fully saturated rings. The first-order chi connectivity index (χ1) is 11.2. The van der Waals surface area contributed by atoms with Gasteiger partial charge in [-0.05, 0) is 31.2 Å². The maximum atomic E-state index is 5.89. The van der Waals surface area contributed by atoms with Crippen molar-refractivity contribution in [3.8, 4) is 5.75 Å². The van der Waals surface area contributed by atoms with Gasteiger partial charge in [0.25, 0.3) is 0 Å². The molecule has 0 saturated carbocycles. The molecule has 0 bridgehead atoms. The summed E-state index contributed by atoms with van der Waals surface area (Å²) in [7, 11) is 0. The molecule has 0 radical (unpaired) electrons. The Bertz CT molecular complexity index is 604. The van der Waals surface area contributed by atoms with Crippen molar-refractivity contribution in [2.75, 3.05) is 44.2 Å². The van der Waals surface area contributed by atoms with Crippen LogP contribution in [0.15, 0.2) is 42.6 Å². The van der Waals surface area contributed by atoms with Crippen LogP contribution in [0.4, 0.5) is 5.82 Å². The van der Waals surface area contributed by atoms with E-state index < -0.39 is 0 Å². The molecule has 2 heterocycles. The average Bonchev–Trinajstić information content (AvgIpc) is 2.58. The molecule has 0 spiro atoms. The molecule has 23 heavy (non-hydrogen) atoms. The standard InChI is InChI=1S/C18H22ClN3O/c1-15-2-5-17(6-3-15)23-13-12-21-8-10-22(11-9-21)18-7-4-16(19)14-20-18/h2-7,14H,8-13H2,1H3. The van der Waals surface area contributed by atoms with Crippen LogP contribution in [0.2, 0.25) is 5.02 Å². The van der Waals surface area contributed by atoms with Gasteiger partial charge >= 0.3 is 0 Å². The molecule has 1 aromatic heterocycles. The van der Waals surface area contributed by atoms with Crippen LogP contribution in [0.5, 0.6) is 5.75 Å². The van der Waals surface area contributed by atoms with E-state index in [-0.39, 0.29) is 0 Å². The number of piperazine rings is 1. The minimum atomic E-state index is 0.681. The Morgan fingerprint density at radius 1 is 1.04 bits per heavy atom. The highest BCUT2D eigenvalue weighted by Gasteiger charge is 2.17. The van der Waals surface area contributed by atoms with Gasteiger partial charge in [0.15, 0.2) is 0 Å². The van der Waals surface area contributed by atoms with Crippen molar-refractivity contribution in [1.82, 2.24) is 9.88 Å². The number of halogens is 1. The van der Waals surface area contributed by atoms with Crippen LogP contribution < -0.4 is 9.64 Å². The number of ether oxygens (including phenoxy) is 1. The minimum absolute atomic E-state index is 0.681. The monoisotopic (exact) mass is 331 g/mol. The molecule has 5 heteroatoms. The molecule has 0 unspecified atom stereocenters. The Hall–Kier alpha value is -1.78. The number of hydrogen-bond acceptors (Lipinski definition) is 4. The second-order valence-electron chi connectivity index (χ2n) is 5.82. The number of aryl methyl sites for hydroxylation is 1. The highest BCUT2D eigenvalue weighted by atomic mass is 35.5. The Morgan fingerprint density at radius 3 is 2.43 bits per heavy atom. The van der Waals surface area contributed by atoms with Crippen molar-refractivity contribution >= 4 is 17.4 Å². The highest BCUT2D eigenvalue weighted by Crippen LogP contribution is 2.16. The van der Waals surface area contributed by atoms with Crippen LogP contribution in [0.1, 0.15) is 5.56 Å². The van der Waals surface area contributed by atoms with E-state index in [0.717, 1.165) is 50.9 Å². The highest BCUT2D eigenvalue weighted by molar-refractivity contribution is 6.30. The van der Waals surface area contributed by atoms with Crippen molar-refractivity contribution in [1.29, 1.82) is 0 Å². The van der Waals surface area contributed by atoms with Gasteiger partial charge in [-0.1, -0.05) is 29.3 Å². The topological polar surface area (TPSA) is 28.6 Å². The van der Waals surface area contributed by atoms with Crippen LogP contribution in [0, 0.1) is 6.92 Å². The molecule has 1 aliphatic heterocycles. The Morgan fingerprint density at radius 2 is 1.78 bits per heavy atom. The fourth-order valence-corrected chi connectivity index (χ4v) is 2.79. The van der Waals surface area contributed by atoms with E-state index in [1.807, 2.05) is 24.3 Å². The summed E-state index contributed by atoms with van der Waals surface area (Å²) in [5.41, 5.74) is 1.25. The van der Waals surface area contributed by atoms with Gasteiger partial charge in [0.2, 0.25) is 0 Å². The number of benzene rings is 1. The predicted molar refractivity (Wildman–Crippen MR) is 94.6 cm³/mol. The zero-order chi connectivity index (χ0) is 16.1. The quantitative estimate of drug-likeness (QED) is 0.841. The van der Waals surface area contributed by atoms with Gasteiger partial charge in [-0.2, -0.15) is 0 Å². The van der Waals surface area contributed by atoms with Gasteiger partial charge in [0.05, 0.1) is 5.02 Å². The molecule has 2 aromatic rings. The fourth-order valence-electron chi connectivity index (χ4n) is 2.68. The van der Waals surface area contributed by atoms with Gasteiger partial charge in [0, 0.05) is 38.9 Å². The molecular formula is C18H22ClN3O. The lowest BCUT2D eigenvalue weighted by Crippen LogP contribution is -2.47. The average molecular weight is 332 g/mol. The van der Waals surface area contributed by atoms with Gasteiger partial charge in [0.1, 0.15) is 18.2 Å². The second kappa shape index (κ2) is 7.66. The van der Waals surface area contributed by atoms with E-state index in [2.05, 4.69) is 33.8 Å². The lowest BCUT2D eigenvalue weighted by molar-refractivity contribution is 0.200. The van der Waals surface area contributed by atoms with Crippen LogP contribution in [-0.2, 0) is 0 Å². The van der Waals surface area contributed by atoms with Gasteiger partial charge in [-0.25, -0.2) is 4.98 Å². The molecule has 3 rings (SSSR count). The zero-order valence-electron chi connectivity index (χ0n) is 13.4. The lowest BCUT2D eigenvalue weighted by Gasteiger charge is -2.35. The van der Waals surface area contributed by atoms with E-state index in [4.69, 9.17) is 16.3 Å². The molecule has 0 N–H and O–H groups in total. The molecule has 0 aliphatic carbocycles. The minimum Gasteiger partial charge on any atom is -0.492 e. The molecular weight excluding hydrogens is 310 g/mol. The molecule has 1 aromatic carbocycles. The summed E-state index contributed by atoms with van der Waals surface area (Å²) in [5, 5.41) is 0.681. The maximum absolute atomic E-state index is 5.89. The first kappa shape index (κ1) is 16.1. The van der Waals surface area contributed by atoms with Crippen LogP contribution in [0.3, 0.4) is 0 Å². The van der Waals surface area contributed by atoms with E-state index in [1.165, 1.54) is 5.56 Å². The number of rotatable bonds is 5. The Balaban J connectivity index is 1.40. The summed E-state index contributed by atoms with van der Waals surface area (Å²) < 4.78 is 5.81. The first-order valence-corrected chi connectivity index (χ1v) is 8.37. The SMILES string of the molecule is Cc1ccc(OCCN2CCN(c3ccc(Cl)cn3)CC2)cc1. The summed E-state index contributed by atoms with van der Waals surface area (Å²) >= 11 is 5.89. The zero-order valence-corrected chi connectivity index (χ0v) is 14.2. The van der Waals surface area contributed by atoms with Crippen molar-refractivity contribution in [2.24, 2.45) is 0 Å². The molecule has 1 aliphatic rings. The summed E-state index contributed by atoms with van der Waals surface area (Å²) in [5.74, 6) is 1.95. The summed E-state index contributed by atoms with van der Waals surface area (Å²) in [6, 6.07) is 12.1. The third kappa shape index (κ3) is 4.60.